The fourth-order valence-electron chi connectivity index (χ4n) is 2.69. The van der Waals surface area contributed by atoms with Crippen molar-refractivity contribution >= 4 is 38.3 Å². The Morgan fingerprint density at radius 3 is 3.05 bits per heavy atom. The first-order valence-electron chi connectivity index (χ1n) is 6.88. The highest BCUT2D eigenvalue weighted by Gasteiger charge is 2.28. The van der Waals surface area contributed by atoms with Crippen LogP contribution in [0.25, 0.3) is 0 Å². The number of anilines is 1. The average Bonchev–Trinajstić information content (AvgIpc) is 2.85. The van der Waals surface area contributed by atoms with E-state index >= 15 is 0 Å². The Bertz CT molecular complexity index is 665. The van der Waals surface area contributed by atoms with Gasteiger partial charge in [0.05, 0.1) is 5.69 Å². The number of aromatic nitrogens is 2. The lowest BCUT2D eigenvalue weighted by Crippen LogP contribution is -2.16. The Morgan fingerprint density at radius 2 is 2.30 bits per heavy atom. The first kappa shape index (κ1) is 12.6. The first-order valence-corrected chi connectivity index (χ1v) is 8.49. The highest BCUT2D eigenvalue weighted by atomic mass is 79.9. The maximum atomic E-state index is 12.4. The topological polar surface area (TPSA) is 46.9 Å². The number of nitrogens with zero attached hydrogens (tertiary/aromatic N) is 2. The molecule has 0 saturated heterocycles. The summed E-state index contributed by atoms with van der Waals surface area (Å²) in [5, 5.41) is 3.69. The van der Waals surface area contributed by atoms with Gasteiger partial charge in [-0.1, -0.05) is 0 Å². The van der Waals surface area contributed by atoms with Crippen molar-refractivity contribution in [3.8, 4) is 0 Å². The van der Waals surface area contributed by atoms with E-state index in [4.69, 9.17) is 0 Å². The smallest absolute Gasteiger partial charge is 0.274 e. The Labute approximate surface area is 129 Å². The van der Waals surface area contributed by atoms with E-state index in [-0.39, 0.29) is 5.91 Å². The van der Waals surface area contributed by atoms with Crippen molar-refractivity contribution < 1.29 is 4.79 Å². The zero-order valence-electron chi connectivity index (χ0n) is 10.9. The normalized spacial score (nSPS) is 17.2. The van der Waals surface area contributed by atoms with Crippen LogP contribution in [-0.2, 0) is 12.8 Å². The van der Waals surface area contributed by atoms with Crippen molar-refractivity contribution in [2.45, 2.75) is 38.1 Å². The molecule has 0 unspecified atom stereocenters. The van der Waals surface area contributed by atoms with E-state index < -0.39 is 0 Å². The zero-order chi connectivity index (χ0) is 13.7. The molecule has 4 nitrogen and oxygen atoms in total. The van der Waals surface area contributed by atoms with Crippen molar-refractivity contribution in [1.82, 2.24) is 9.55 Å². The molecule has 0 atom stereocenters. The molecule has 2 aromatic rings. The lowest BCUT2D eigenvalue weighted by molar-refractivity contribution is 0.101. The second-order valence-corrected chi connectivity index (χ2v) is 7.38. The molecular weight excluding hydrogens is 338 g/mol. The van der Waals surface area contributed by atoms with E-state index in [1.54, 1.807) is 11.3 Å². The third-order valence-corrected chi connectivity index (χ3v) is 5.31. The standard InChI is InChI=1S/C14H14BrN3OS/c15-8-6-11(18(7-8)9-4-5-9)13(19)17-14-16-10-2-1-3-12(10)20-14/h6-7,9H,1-5H2,(H,16,17,19). The van der Waals surface area contributed by atoms with E-state index in [0.29, 0.717) is 6.04 Å². The molecule has 1 N–H and O–H groups in total. The lowest BCUT2D eigenvalue weighted by Gasteiger charge is -2.06. The van der Waals surface area contributed by atoms with Crippen LogP contribution in [0.5, 0.6) is 0 Å². The number of rotatable bonds is 3. The number of halogens is 1. The summed E-state index contributed by atoms with van der Waals surface area (Å²) in [5.74, 6) is -0.0602. The number of carbonyl (C=O) groups excluding carboxylic acids is 1. The number of fused-ring (bicyclic) bond motifs is 1. The molecule has 104 valence electrons. The van der Waals surface area contributed by atoms with Crippen molar-refractivity contribution in [2.75, 3.05) is 5.32 Å². The van der Waals surface area contributed by atoms with E-state index in [2.05, 4.69) is 30.8 Å². The molecule has 4 rings (SSSR count). The van der Waals surface area contributed by atoms with E-state index in [0.717, 1.165) is 41.0 Å². The highest BCUT2D eigenvalue weighted by molar-refractivity contribution is 9.10. The lowest BCUT2D eigenvalue weighted by atomic mass is 10.4. The van der Waals surface area contributed by atoms with Crippen molar-refractivity contribution in [2.24, 2.45) is 0 Å². The minimum atomic E-state index is -0.0602. The third-order valence-electron chi connectivity index (χ3n) is 3.80. The second kappa shape index (κ2) is 4.70. The molecule has 0 spiro atoms. The number of nitrogens with one attached hydrogen (secondary N) is 1. The molecular formula is C14H14BrN3OS. The molecule has 6 heteroatoms. The van der Waals surface area contributed by atoms with Crippen molar-refractivity contribution in [3.05, 3.63) is 33.0 Å². The Hall–Kier alpha value is -1.14. The fraction of sp³-hybridized carbons (Fsp3) is 0.429. The van der Waals surface area contributed by atoms with Crippen molar-refractivity contribution in [1.29, 1.82) is 0 Å². The number of hydrogen-bond donors (Lipinski definition) is 1. The highest BCUT2D eigenvalue weighted by Crippen LogP contribution is 2.38. The predicted molar refractivity (Wildman–Crippen MR) is 82.5 cm³/mol. The van der Waals surface area contributed by atoms with E-state index in [9.17, 15) is 4.79 Å². The van der Waals surface area contributed by atoms with Gasteiger partial charge in [0.25, 0.3) is 5.91 Å². The van der Waals surface area contributed by atoms with Gasteiger partial charge in [-0.05, 0) is 54.1 Å². The van der Waals surface area contributed by atoms with Gasteiger partial charge in [-0.2, -0.15) is 0 Å². The first-order chi connectivity index (χ1) is 9.70. The van der Waals surface area contributed by atoms with Gasteiger partial charge in [0.2, 0.25) is 0 Å². The molecule has 0 radical (unpaired) electrons. The SMILES string of the molecule is O=C(Nc1nc2c(s1)CCC2)c1cc(Br)cn1C1CC1. The van der Waals surface area contributed by atoms with Crippen LogP contribution in [-0.4, -0.2) is 15.5 Å². The van der Waals surface area contributed by atoms with Crippen molar-refractivity contribution in [3.63, 3.8) is 0 Å². The zero-order valence-corrected chi connectivity index (χ0v) is 13.3. The summed E-state index contributed by atoms with van der Waals surface area (Å²) in [4.78, 5) is 18.3. The van der Waals surface area contributed by atoms with Crippen LogP contribution in [0.1, 0.15) is 46.4 Å². The maximum absolute atomic E-state index is 12.4. The van der Waals surface area contributed by atoms with Gasteiger partial charge in [0.15, 0.2) is 5.13 Å². The van der Waals surface area contributed by atoms with E-state index in [1.807, 2.05) is 12.3 Å². The molecule has 2 aliphatic rings. The predicted octanol–water partition coefficient (Wildman–Crippen LogP) is 3.78. The molecule has 0 bridgehead atoms. The molecule has 1 amide bonds. The second-order valence-electron chi connectivity index (χ2n) is 5.38. The Kier molecular flexibility index (Phi) is 2.96. The molecule has 1 saturated carbocycles. The van der Waals surface area contributed by atoms with Crippen LogP contribution in [0.4, 0.5) is 5.13 Å². The number of carbonyl (C=O) groups is 1. The Balaban J connectivity index is 1.57. The molecule has 20 heavy (non-hydrogen) atoms. The molecule has 0 aromatic carbocycles. The summed E-state index contributed by atoms with van der Waals surface area (Å²) in [7, 11) is 0. The largest absolute Gasteiger partial charge is 0.339 e. The average molecular weight is 352 g/mol. The van der Waals surface area contributed by atoms with Crippen LogP contribution in [0.15, 0.2) is 16.7 Å². The van der Waals surface area contributed by atoms with Gasteiger partial charge < -0.3 is 4.57 Å². The molecule has 0 aliphatic heterocycles. The van der Waals surface area contributed by atoms with Crippen LogP contribution in [0, 0.1) is 0 Å². The van der Waals surface area contributed by atoms with Gasteiger partial charge in [-0.3, -0.25) is 10.1 Å². The molecule has 1 fully saturated rings. The maximum Gasteiger partial charge on any atom is 0.274 e. The molecule has 2 aliphatic carbocycles. The summed E-state index contributed by atoms with van der Waals surface area (Å²) < 4.78 is 3.02. The van der Waals surface area contributed by atoms with Crippen LogP contribution in [0.2, 0.25) is 0 Å². The van der Waals surface area contributed by atoms with Gasteiger partial charge in [-0.15, -0.1) is 11.3 Å². The number of thiazole rings is 1. The quantitative estimate of drug-likeness (QED) is 0.914. The Morgan fingerprint density at radius 1 is 1.45 bits per heavy atom. The van der Waals surface area contributed by atoms with Crippen LogP contribution in [0.3, 0.4) is 0 Å². The van der Waals surface area contributed by atoms with Gasteiger partial charge in [0, 0.05) is 21.6 Å². The minimum absolute atomic E-state index is 0.0602. The minimum Gasteiger partial charge on any atom is -0.339 e. The fourth-order valence-corrected chi connectivity index (χ4v) is 4.17. The summed E-state index contributed by atoms with van der Waals surface area (Å²) in [5.41, 5.74) is 1.89. The van der Waals surface area contributed by atoms with Gasteiger partial charge in [0.1, 0.15) is 5.69 Å². The van der Waals surface area contributed by atoms with Gasteiger partial charge >= 0.3 is 0 Å². The number of amides is 1. The summed E-state index contributed by atoms with van der Waals surface area (Å²) in [6.45, 7) is 0. The van der Waals surface area contributed by atoms with Crippen LogP contribution < -0.4 is 5.32 Å². The third kappa shape index (κ3) is 2.20. The summed E-state index contributed by atoms with van der Waals surface area (Å²) in [6.07, 6.45) is 7.66. The number of hydrogen-bond acceptors (Lipinski definition) is 3. The molecule has 2 heterocycles. The summed E-state index contributed by atoms with van der Waals surface area (Å²) >= 11 is 5.07. The van der Waals surface area contributed by atoms with E-state index in [1.165, 1.54) is 17.0 Å². The summed E-state index contributed by atoms with van der Waals surface area (Å²) in [6, 6.07) is 2.37. The van der Waals surface area contributed by atoms with Crippen LogP contribution >= 0.6 is 27.3 Å². The van der Waals surface area contributed by atoms with Gasteiger partial charge in [-0.25, -0.2) is 4.98 Å². The molecule has 2 aromatic heterocycles. The number of aryl methyl sites for hydroxylation is 2. The monoisotopic (exact) mass is 351 g/mol.